The fourth-order valence-corrected chi connectivity index (χ4v) is 3.73. The molecule has 0 spiro atoms. The average Bonchev–Trinajstić information content (AvgIpc) is 3.38. The number of β-amino-alcohol motifs (C(OH)–C–C–N with tert-alkyl or cyclic N) is 1. The van der Waals surface area contributed by atoms with E-state index >= 15 is 0 Å². The highest BCUT2D eigenvalue weighted by Crippen LogP contribution is 2.25. The Morgan fingerprint density at radius 1 is 1.36 bits per heavy atom. The van der Waals surface area contributed by atoms with Crippen LogP contribution >= 0.6 is 0 Å². The molecule has 1 aliphatic rings. The van der Waals surface area contributed by atoms with Gasteiger partial charge in [0.1, 0.15) is 0 Å². The van der Waals surface area contributed by atoms with Gasteiger partial charge in [0.15, 0.2) is 0 Å². The van der Waals surface area contributed by atoms with Crippen molar-refractivity contribution >= 4 is 22.9 Å². The number of carbonyl (C=O) groups is 1. The lowest BCUT2D eigenvalue weighted by Crippen LogP contribution is -2.24. The number of amides is 1. The van der Waals surface area contributed by atoms with E-state index in [1.807, 2.05) is 49.3 Å². The second kappa shape index (κ2) is 7.63. The zero-order valence-electron chi connectivity index (χ0n) is 16.3. The molecular weight excluding hydrogens is 356 g/mol. The molecule has 1 saturated heterocycles. The molecule has 8 heteroatoms. The largest absolute Gasteiger partial charge is 0.391 e. The van der Waals surface area contributed by atoms with Crippen molar-refractivity contribution in [2.24, 2.45) is 14.1 Å². The molecule has 8 nitrogen and oxygen atoms in total. The van der Waals surface area contributed by atoms with Crippen LogP contribution in [0.4, 0.5) is 5.95 Å². The Morgan fingerprint density at radius 2 is 2.21 bits per heavy atom. The van der Waals surface area contributed by atoms with Gasteiger partial charge in [-0.25, -0.2) is 4.98 Å². The Kier molecular flexibility index (Phi) is 5.04. The number of nitrogens with one attached hydrogen (secondary N) is 1. The van der Waals surface area contributed by atoms with Crippen LogP contribution in [0.3, 0.4) is 0 Å². The minimum atomic E-state index is -0.298. The molecule has 1 amide bonds. The minimum absolute atomic E-state index is 0.0862. The fraction of sp³-hybridized carbons (Fsp3) is 0.450. The number of rotatable bonds is 6. The molecule has 1 atom stereocenters. The van der Waals surface area contributed by atoms with Crippen LogP contribution in [0.1, 0.15) is 28.8 Å². The van der Waals surface area contributed by atoms with E-state index in [-0.39, 0.29) is 12.0 Å². The molecule has 1 aliphatic heterocycles. The molecule has 28 heavy (non-hydrogen) atoms. The molecule has 4 rings (SSSR count). The maximum atomic E-state index is 12.5. The summed E-state index contributed by atoms with van der Waals surface area (Å²) < 4.78 is 3.80. The third kappa shape index (κ3) is 3.73. The maximum Gasteiger partial charge on any atom is 0.251 e. The molecular formula is C20H26N6O2. The number of aliphatic hydroxyl groups excluding tert-OH is 1. The molecule has 0 saturated carbocycles. The van der Waals surface area contributed by atoms with E-state index in [4.69, 9.17) is 4.98 Å². The molecule has 2 aromatic heterocycles. The van der Waals surface area contributed by atoms with Gasteiger partial charge in [-0.15, -0.1) is 0 Å². The molecule has 148 valence electrons. The van der Waals surface area contributed by atoms with Crippen LogP contribution in [0.5, 0.6) is 0 Å². The van der Waals surface area contributed by atoms with Gasteiger partial charge in [0.2, 0.25) is 5.95 Å². The second-order valence-electron chi connectivity index (χ2n) is 7.44. The Labute approximate surface area is 163 Å². The Morgan fingerprint density at radius 3 is 2.93 bits per heavy atom. The van der Waals surface area contributed by atoms with Gasteiger partial charge in [-0.05, 0) is 43.0 Å². The van der Waals surface area contributed by atoms with Crippen LogP contribution < -0.4 is 10.2 Å². The number of hydrogen-bond acceptors (Lipinski definition) is 5. The number of carbonyl (C=O) groups excluding carboxylic acids is 1. The van der Waals surface area contributed by atoms with Crippen molar-refractivity contribution in [2.75, 3.05) is 24.5 Å². The monoisotopic (exact) mass is 382 g/mol. The van der Waals surface area contributed by atoms with Crippen molar-refractivity contribution < 1.29 is 9.90 Å². The van der Waals surface area contributed by atoms with Gasteiger partial charge in [0.05, 0.1) is 23.3 Å². The SMILES string of the molecule is Cn1cc(CCCNC(=O)c2ccc3c(c2)nc(N2CCC(O)C2)n3C)cn1. The lowest BCUT2D eigenvalue weighted by atomic mass is 10.1. The number of aliphatic hydroxyl groups is 1. The van der Waals surface area contributed by atoms with Crippen molar-refractivity contribution in [1.82, 2.24) is 24.6 Å². The van der Waals surface area contributed by atoms with Gasteiger partial charge in [-0.3, -0.25) is 9.48 Å². The van der Waals surface area contributed by atoms with Crippen LogP contribution in [0.15, 0.2) is 30.6 Å². The zero-order valence-corrected chi connectivity index (χ0v) is 16.3. The summed E-state index contributed by atoms with van der Waals surface area (Å²) >= 11 is 0. The van der Waals surface area contributed by atoms with E-state index in [0.717, 1.165) is 42.8 Å². The summed E-state index contributed by atoms with van der Waals surface area (Å²) in [5.41, 5.74) is 3.55. The van der Waals surface area contributed by atoms with E-state index in [1.165, 1.54) is 5.56 Å². The summed E-state index contributed by atoms with van der Waals surface area (Å²) in [6, 6.07) is 5.60. The first-order valence-corrected chi connectivity index (χ1v) is 9.66. The van der Waals surface area contributed by atoms with Gasteiger partial charge >= 0.3 is 0 Å². The summed E-state index contributed by atoms with van der Waals surface area (Å²) in [7, 11) is 3.86. The molecule has 0 radical (unpaired) electrons. The van der Waals surface area contributed by atoms with Crippen molar-refractivity contribution in [2.45, 2.75) is 25.4 Å². The molecule has 3 heterocycles. The normalized spacial score (nSPS) is 16.8. The first-order valence-electron chi connectivity index (χ1n) is 9.66. The fourth-order valence-electron chi connectivity index (χ4n) is 3.73. The van der Waals surface area contributed by atoms with Crippen molar-refractivity contribution in [3.05, 3.63) is 41.7 Å². The van der Waals surface area contributed by atoms with E-state index < -0.39 is 0 Å². The van der Waals surface area contributed by atoms with Gasteiger partial charge in [-0.1, -0.05) is 0 Å². The number of fused-ring (bicyclic) bond motifs is 1. The summed E-state index contributed by atoms with van der Waals surface area (Å²) in [5, 5.41) is 16.9. The molecule has 3 aromatic rings. The smallest absolute Gasteiger partial charge is 0.251 e. The van der Waals surface area contributed by atoms with Crippen molar-refractivity contribution in [3.8, 4) is 0 Å². The molecule has 1 unspecified atom stereocenters. The first kappa shape index (κ1) is 18.5. The van der Waals surface area contributed by atoms with Gasteiger partial charge in [0.25, 0.3) is 5.91 Å². The number of nitrogens with zero attached hydrogens (tertiary/aromatic N) is 5. The average molecular weight is 382 g/mol. The lowest BCUT2D eigenvalue weighted by molar-refractivity contribution is 0.0953. The van der Waals surface area contributed by atoms with Gasteiger partial charge < -0.3 is 19.9 Å². The number of hydrogen-bond donors (Lipinski definition) is 2. The van der Waals surface area contributed by atoms with Crippen LogP contribution in [0, 0.1) is 0 Å². The topological polar surface area (TPSA) is 88.2 Å². The second-order valence-corrected chi connectivity index (χ2v) is 7.44. The summed E-state index contributed by atoms with van der Waals surface area (Å²) in [4.78, 5) is 19.3. The molecule has 2 N–H and O–H groups in total. The van der Waals surface area contributed by atoms with Crippen molar-refractivity contribution in [1.29, 1.82) is 0 Å². The number of benzene rings is 1. The predicted octanol–water partition coefficient (Wildman–Crippen LogP) is 1.24. The highest BCUT2D eigenvalue weighted by Gasteiger charge is 2.24. The molecule has 1 aromatic carbocycles. The first-order chi connectivity index (χ1) is 13.5. The third-order valence-electron chi connectivity index (χ3n) is 5.25. The Balaban J connectivity index is 1.40. The van der Waals surface area contributed by atoms with E-state index in [9.17, 15) is 9.90 Å². The van der Waals surface area contributed by atoms with Gasteiger partial charge in [-0.2, -0.15) is 5.10 Å². The quantitative estimate of drug-likeness (QED) is 0.627. The summed E-state index contributed by atoms with van der Waals surface area (Å²) in [6.07, 6.45) is 6.06. The molecule has 0 bridgehead atoms. The van der Waals surface area contributed by atoms with Gasteiger partial charge in [0, 0.05) is 45.5 Å². The Hall–Kier alpha value is -2.87. The number of aromatic nitrogens is 4. The Bertz CT molecular complexity index is 992. The summed E-state index contributed by atoms with van der Waals surface area (Å²) in [6.45, 7) is 2.01. The van der Waals surface area contributed by atoms with Crippen LogP contribution in [0.25, 0.3) is 11.0 Å². The molecule has 1 fully saturated rings. The number of anilines is 1. The van der Waals surface area contributed by atoms with Crippen LogP contribution in [-0.2, 0) is 20.5 Å². The predicted molar refractivity (Wildman–Crippen MR) is 107 cm³/mol. The van der Waals surface area contributed by atoms with E-state index in [0.29, 0.717) is 18.7 Å². The maximum absolute atomic E-state index is 12.5. The standard InChI is InChI=1S/C20H26N6O2/c1-24-12-14(11-22-24)4-3-8-21-19(28)15-5-6-18-17(10-15)23-20(25(18)2)26-9-7-16(27)13-26/h5-6,10-12,16,27H,3-4,7-9,13H2,1-2H3,(H,21,28). The van der Waals surface area contributed by atoms with Crippen LogP contribution in [-0.4, -0.2) is 56.1 Å². The third-order valence-corrected chi connectivity index (χ3v) is 5.25. The lowest BCUT2D eigenvalue weighted by Gasteiger charge is -2.16. The molecule has 0 aliphatic carbocycles. The summed E-state index contributed by atoms with van der Waals surface area (Å²) in [5.74, 6) is 0.748. The highest BCUT2D eigenvalue weighted by atomic mass is 16.3. The number of aryl methyl sites for hydroxylation is 3. The zero-order chi connectivity index (χ0) is 19.7. The van der Waals surface area contributed by atoms with E-state index in [2.05, 4.69) is 15.3 Å². The minimum Gasteiger partial charge on any atom is -0.391 e. The van der Waals surface area contributed by atoms with Crippen molar-refractivity contribution in [3.63, 3.8) is 0 Å². The number of imidazole rings is 1. The van der Waals surface area contributed by atoms with Crippen LogP contribution in [0.2, 0.25) is 0 Å². The highest BCUT2D eigenvalue weighted by molar-refractivity contribution is 5.97. The van der Waals surface area contributed by atoms with E-state index in [1.54, 1.807) is 4.68 Å².